The van der Waals surface area contributed by atoms with Crippen LogP contribution in [0.25, 0.3) is 0 Å². The maximum atomic E-state index is 8.86. The molecule has 0 fully saturated rings. The smallest absolute Gasteiger partial charge is 0.0637 e. The average molecular weight is 203 g/mol. The van der Waals surface area contributed by atoms with Gasteiger partial charge in [0.15, 0.2) is 0 Å². The Labute approximate surface area is 87.8 Å². The highest BCUT2D eigenvalue weighted by molar-refractivity contribution is 4.75. The molecule has 2 unspecified atom stereocenters. The standard InChI is InChI=1S/C11H25NO2/c1-9(8-13)7-12-10(2)6-11(3,4)14-5/h9-10,12-13H,6-8H2,1-5H3. The van der Waals surface area contributed by atoms with Crippen LogP contribution in [0.4, 0.5) is 0 Å². The van der Waals surface area contributed by atoms with Crippen molar-refractivity contribution in [1.82, 2.24) is 5.32 Å². The molecule has 3 nitrogen and oxygen atoms in total. The molecule has 0 heterocycles. The molecular formula is C11H25NO2. The predicted octanol–water partition coefficient (Wildman–Crippen LogP) is 1.41. The molecule has 0 spiro atoms. The lowest BCUT2D eigenvalue weighted by molar-refractivity contribution is 0.00820. The molecule has 0 aliphatic rings. The normalized spacial score (nSPS) is 16.7. The molecule has 0 aliphatic carbocycles. The van der Waals surface area contributed by atoms with Crippen LogP contribution in [-0.4, -0.2) is 37.0 Å². The summed E-state index contributed by atoms with van der Waals surface area (Å²) in [5.41, 5.74) is -0.0745. The van der Waals surface area contributed by atoms with Crippen molar-refractivity contribution >= 4 is 0 Å². The number of rotatable bonds is 7. The maximum Gasteiger partial charge on any atom is 0.0637 e. The molecule has 0 saturated heterocycles. The fourth-order valence-corrected chi connectivity index (χ4v) is 1.36. The topological polar surface area (TPSA) is 41.5 Å². The summed E-state index contributed by atoms with van der Waals surface area (Å²) in [6, 6.07) is 0.416. The summed E-state index contributed by atoms with van der Waals surface area (Å²) in [7, 11) is 1.74. The molecule has 0 rings (SSSR count). The SMILES string of the molecule is COC(C)(C)CC(C)NCC(C)CO. The van der Waals surface area contributed by atoms with Crippen LogP contribution in [0.3, 0.4) is 0 Å². The van der Waals surface area contributed by atoms with Gasteiger partial charge in [0.25, 0.3) is 0 Å². The summed E-state index contributed by atoms with van der Waals surface area (Å²) in [4.78, 5) is 0. The van der Waals surface area contributed by atoms with E-state index < -0.39 is 0 Å². The van der Waals surface area contributed by atoms with Crippen molar-refractivity contribution in [2.75, 3.05) is 20.3 Å². The molecule has 0 aliphatic heterocycles. The number of aliphatic hydroxyl groups excluding tert-OH is 1. The minimum atomic E-state index is -0.0745. The Morgan fingerprint density at radius 3 is 2.36 bits per heavy atom. The zero-order valence-corrected chi connectivity index (χ0v) is 10.1. The van der Waals surface area contributed by atoms with Crippen molar-refractivity contribution in [2.24, 2.45) is 5.92 Å². The second kappa shape index (κ2) is 6.38. The Hall–Kier alpha value is -0.120. The number of methoxy groups -OCH3 is 1. The van der Waals surface area contributed by atoms with E-state index in [1.165, 1.54) is 0 Å². The van der Waals surface area contributed by atoms with Gasteiger partial charge in [0.2, 0.25) is 0 Å². The molecule has 0 aromatic carbocycles. The number of hydrogen-bond donors (Lipinski definition) is 2. The molecule has 0 saturated carbocycles. The van der Waals surface area contributed by atoms with E-state index in [9.17, 15) is 0 Å². The molecule has 0 bridgehead atoms. The second-order valence-electron chi connectivity index (χ2n) is 4.76. The van der Waals surface area contributed by atoms with Crippen LogP contribution in [0.5, 0.6) is 0 Å². The maximum absolute atomic E-state index is 8.86. The highest BCUT2D eigenvalue weighted by atomic mass is 16.5. The van der Waals surface area contributed by atoms with Gasteiger partial charge in [-0.25, -0.2) is 0 Å². The van der Waals surface area contributed by atoms with Crippen molar-refractivity contribution < 1.29 is 9.84 Å². The van der Waals surface area contributed by atoms with Crippen LogP contribution in [0.2, 0.25) is 0 Å². The van der Waals surface area contributed by atoms with Crippen LogP contribution in [-0.2, 0) is 4.74 Å². The minimum absolute atomic E-state index is 0.0745. The third-order valence-corrected chi connectivity index (χ3v) is 2.48. The summed E-state index contributed by atoms with van der Waals surface area (Å²) in [6.07, 6.45) is 0.974. The first kappa shape index (κ1) is 13.9. The van der Waals surface area contributed by atoms with Gasteiger partial charge < -0.3 is 15.2 Å². The molecule has 86 valence electrons. The highest BCUT2D eigenvalue weighted by Crippen LogP contribution is 2.15. The number of aliphatic hydroxyl groups is 1. The van der Waals surface area contributed by atoms with Gasteiger partial charge in [-0.15, -0.1) is 0 Å². The van der Waals surface area contributed by atoms with Crippen LogP contribution >= 0.6 is 0 Å². The zero-order valence-electron chi connectivity index (χ0n) is 10.1. The van der Waals surface area contributed by atoms with Gasteiger partial charge in [0.1, 0.15) is 0 Å². The molecule has 0 aromatic rings. The van der Waals surface area contributed by atoms with E-state index in [-0.39, 0.29) is 12.2 Å². The van der Waals surface area contributed by atoms with E-state index in [4.69, 9.17) is 9.84 Å². The molecule has 2 N–H and O–H groups in total. The van der Waals surface area contributed by atoms with Crippen molar-refractivity contribution in [3.8, 4) is 0 Å². The Kier molecular flexibility index (Phi) is 6.33. The molecule has 0 radical (unpaired) electrons. The Bertz CT molecular complexity index is 148. The fourth-order valence-electron chi connectivity index (χ4n) is 1.36. The zero-order chi connectivity index (χ0) is 11.2. The van der Waals surface area contributed by atoms with Crippen molar-refractivity contribution in [2.45, 2.75) is 45.8 Å². The second-order valence-corrected chi connectivity index (χ2v) is 4.76. The predicted molar refractivity (Wildman–Crippen MR) is 59.4 cm³/mol. The first-order valence-corrected chi connectivity index (χ1v) is 5.30. The first-order valence-electron chi connectivity index (χ1n) is 5.30. The van der Waals surface area contributed by atoms with Gasteiger partial charge in [-0.2, -0.15) is 0 Å². The van der Waals surface area contributed by atoms with Gasteiger partial charge in [-0.1, -0.05) is 6.92 Å². The Balaban J connectivity index is 3.70. The Morgan fingerprint density at radius 1 is 1.36 bits per heavy atom. The number of hydrogen-bond acceptors (Lipinski definition) is 3. The van der Waals surface area contributed by atoms with Crippen LogP contribution in [0, 0.1) is 5.92 Å². The molecular weight excluding hydrogens is 178 g/mol. The number of ether oxygens (including phenoxy) is 1. The van der Waals surface area contributed by atoms with Gasteiger partial charge in [-0.05, 0) is 33.1 Å². The van der Waals surface area contributed by atoms with E-state index >= 15 is 0 Å². The number of nitrogens with one attached hydrogen (secondary N) is 1. The monoisotopic (exact) mass is 203 g/mol. The summed E-state index contributed by atoms with van der Waals surface area (Å²) >= 11 is 0. The lowest BCUT2D eigenvalue weighted by Crippen LogP contribution is -2.38. The third-order valence-electron chi connectivity index (χ3n) is 2.48. The quantitative estimate of drug-likeness (QED) is 0.657. The summed E-state index contributed by atoms with van der Waals surface area (Å²) < 4.78 is 5.35. The summed E-state index contributed by atoms with van der Waals surface area (Å²) in [6.45, 7) is 9.44. The fraction of sp³-hybridized carbons (Fsp3) is 1.00. The van der Waals surface area contributed by atoms with E-state index in [0.717, 1.165) is 13.0 Å². The first-order chi connectivity index (χ1) is 6.41. The molecule has 2 atom stereocenters. The van der Waals surface area contributed by atoms with Crippen molar-refractivity contribution in [3.63, 3.8) is 0 Å². The van der Waals surface area contributed by atoms with E-state index in [0.29, 0.717) is 12.0 Å². The van der Waals surface area contributed by atoms with Crippen LogP contribution < -0.4 is 5.32 Å². The lowest BCUT2D eigenvalue weighted by Gasteiger charge is -2.27. The van der Waals surface area contributed by atoms with E-state index in [1.54, 1.807) is 7.11 Å². The molecule has 0 amide bonds. The highest BCUT2D eigenvalue weighted by Gasteiger charge is 2.19. The lowest BCUT2D eigenvalue weighted by atomic mass is 9.99. The largest absolute Gasteiger partial charge is 0.396 e. The van der Waals surface area contributed by atoms with Crippen molar-refractivity contribution in [1.29, 1.82) is 0 Å². The van der Waals surface area contributed by atoms with Crippen LogP contribution in [0.1, 0.15) is 34.1 Å². The summed E-state index contributed by atoms with van der Waals surface area (Å²) in [5, 5.41) is 12.2. The Morgan fingerprint density at radius 2 is 1.93 bits per heavy atom. The van der Waals surface area contributed by atoms with E-state index in [2.05, 4.69) is 26.1 Å². The van der Waals surface area contributed by atoms with Gasteiger partial charge in [-0.3, -0.25) is 0 Å². The van der Waals surface area contributed by atoms with Crippen LogP contribution in [0.15, 0.2) is 0 Å². The van der Waals surface area contributed by atoms with E-state index in [1.807, 2.05) is 6.92 Å². The molecule has 3 heteroatoms. The van der Waals surface area contributed by atoms with Crippen molar-refractivity contribution in [3.05, 3.63) is 0 Å². The minimum Gasteiger partial charge on any atom is -0.396 e. The molecule has 14 heavy (non-hydrogen) atoms. The molecule has 0 aromatic heterocycles. The van der Waals surface area contributed by atoms with Gasteiger partial charge in [0.05, 0.1) is 5.60 Å². The third kappa shape index (κ3) is 6.35. The summed E-state index contributed by atoms with van der Waals surface area (Å²) in [5.74, 6) is 0.322. The van der Waals surface area contributed by atoms with Gasteiger partial charge in [0, 0.05) is 26.3 Å². The van der Waals surface area contributed by atoms with Gasteiger partial charge >= 0.3 is 0 Å². The average Bonchev–Trinajstić information content (AvgIpc) is 2.13.